The molecule has 0 aliphatic rings. The number of aromatic nitrogens is 1. The van der Waals surface area contributed by atoms with Crippen LogP contribution in [0.3, 0.4) is 0 Å². The maximum absolute atomic E-state index is 11.6. The van der Waals surface area contributed by atoms with Crippen molar-refractivity contribution in [3.63, 3.8) is 0 Å². The summed E-state index contributed by atoms with van der Waals surface area (Å²) in [6.07, 6.45) is 0.341. The van der Waals surface area contributed by atoms with Gasteiger partial charge in [0.1, 0.15) is 11.7 Å². The first-order valence-electron chi connectivity index (χ1n) is 6.50. The molecular formula is C16H16BrNO3. The number of carboxylic acids is 1. The van der Waals surface area contributed by atoms with Gasteiger partial charge >= 0.3 is 5.97 Å². The Kier molecular flexibility index (Phi) is 4.96. The summed E-state index contributed by atoms with van der Waals surface area (Å²) in [5, 5.41) is 9.52. The van der Waals surface area contributed by atoms with Crippen LogP contribution in [0.1, 0.15) is 22.9 Å². The van der Waals surface area contributed by atoms with Crippen LogP contribution in [0, 0.1) is 6.92 Å². The third kappa shape index (κ3) is 3.61. The van der Waals surface area contributed by atoms with Gasteiger partial charge in [0, 0.05) is 4.47 Å². The molecule has 1 aromatic heterocycles. The van der Waals surface area contributed by atoms with Crippen molar-refractivity contribution in [1.82, 2.24) is 4.98 Å². The van der Waals surface area contributed by atoms with Crippen molar-refractivity contribution in [1.29, 1.82) is 0 Å². The largest absolute Gasteiger partial charge is 0.496 e. The summed E-state index contributed by atoms with van der Waals surface area (Å²) in [5.74, 6) is -0.902. The first kappa shape index (κ1) is 15.5. The third-order valence-corrected chi connectivity index (χ3v) is 4.15. The molecule has 0 aliphatic carbocycles. The van der Waals surface area contributed by atoms with Crippen molar-refractivity contribution >= 4 is 21.9 Å². The monoisotopic (exact) mass is 349 g/mol. The number of ether oxygens (including phenoxy) is 1. The number of aryl methyl sites for hydroxylation is 1. The Labute approximate surface area is 131 Å². The van der Waals surface area contributed by atoms with Gasteiger partial charge < -0.3 is 9.84 Å². The Morgan fingerprint density at radius 1 is 1.33 bits per heavy atom. The summed E-state index contributed by atoms with van der Waals surface area (Å²) < 4.78 is 6.15. The summed E-state index contributed by atoms with van der Waals surface area (Å²) in [6.45, 7) is 1.84. The zero-order chi connectivity index (χ0) is 15.4. The number of halogens is 1. The molecule has 0 saturated heterocycles. The van der Waals surface area contributed by atoms with Crippen LogP contribution in [-0.2, 0) is 11.2 Å². The van der Waals surface area contributed by atoms with Crippen molar-refractivity contribution in [2.24, 2.45) is 0 Å². The number of hydrogen-bond acceptors (Lipinski definition) is 3. The summed E-state index contributed by atoms with van der Waals surface area (Å²) in [4.78, 5) is 16.0. The second-order valence-electron chi connectivity index (χ2n) is 4.71. The molecule has 1 heterocycles. The minimum atomic E-state index is -0.893. The highest BCUT2D eigenvalue weighted by Gasteiger charge is 2.23. The lowest BCUT2D eigenvalue weighted by molar-refractivity contribution is -0.138. The van der Waals surface area contributed by atoms with Crippen molar-refractivity contribution in [3.05, 3.63) is 57.8 Å². The number of pyridine rings is 1. The normalized spacial score (nSPS) is 12.0. The summed E-state index contributed by atoms with van der Waals surface area (Å²) >= 11 is 3.38. The van der Waals surface area contributed by atoms with E-state index in [0.29, 0.717) is 17.9 Å². The van der Waals surface area contributed by atoms with E-state index in [2.05, 4.69) is 20.9 Å². The number of para-hydroxylation sites is 1. The van der Waals surface area contributed by atoms with Gasteiger partial charge in [0.25, 0.3) is 0 Å². The number of nitrogens with zero attached hydrogens (tertiary/aromatic N) is 1. The fourth-order valence-electron chi connectivity index (χ4n) is 2.17. The minimum Gasteiger partial charge on any atom is -0.496 e. The van der Waals surface area contributed by atoms with E-state index in [1.807, 2.05) is 37.3 Å². The Hall–Kier alpha value is -1.88. The Morgan fingerprint density at radius 2 is 2.05 bits per heavy atom. The van der Waals surface area contributed by atoms with Crippen molar-refractivity contribution in [3.8, 4) is 5.75 Å². The predicted molar refractivity (Wildman–Crippen MR) is 83.7 cm³/mol. The molecule has 5 heteroatoms. The van der Waals surface area contributed by atoms with Gasteiger partial charge in [-0.05, 0) is 53.0 Å². The Morgan fingerprint density at radius 3 is 2.67 bits per heavy atom. The number of hydrogen-bond donors (Lipinski definition) is 1. The van der Waals surface area contributed by atoms with Crippen LogP contribution in [0.15, 0.2) is 40.9 Å². The molecule has 1 aromatic carbocycles. The van der Waals surface area contributed by atoms with Gasteiger partial charge in [-0.15, -0.1) is 0 Å². The van der Waals surface area contributed by atoms with Gasteiger partial charge in [0.05, 0.1) is 18.5 Å². The second-order valence-corrected chi connectivity index (χ2v) is 5.56. The molecule has 0 fully saturated rings. The van der Waals surface area contributed by atoms with Gasteiger partial charge in [-0.25, -0.2) is 0 Å². The maximum atomic E-state index is 11.6. The van der Waals surface area contributed by atoms with Crippen molar-refractivity contribution in [2.45, 2.75) is 19.3 Å². The molecule has 2 rings (SSSR count). The average molecular weight is 350 g/mol. The van der Waals surface area contributed by atoms with Crippen LogP contribution >= 0.6 is 15.9 Å². The quantitative estimate of drug-likeness (QED) is 0.896. The van der Waals surface area contributed by atoms with Crippen LogP contribution in [0.5, 0.6) is 5.75 Å². The molecule has 0 spiro atoms. The average Bonchev–Trinajstić information content (AvgIpc) is 2.48. The molecule has 2 aromatic rings. The first-order chi connectivity index (χ1) is 10.0. The molecule has 1 N–H and O–H groups in total. The molecule has 0 bridgehead atoms. The molecule has 0 aliphatic heterocycles. The van der Waals surface area contributed by atoms with Gasteiger partial charge in [-0.1, -0.05) is 18.2 Å². The van der Waals surface area contributed by atoms with E-state index >= 15 is 0 Å². The standard InChI is InChI=1S/C16H16BrNO3/c1-10-13(17)7-8-14(18-10)12(16(19)20)9-11-5-3-4-6-15(11)21-2/h3-8,12H,9H2,1-2H3,(H,19,20). The third-order valence-electron chi connectivity index (χ3n) is 3.31. The highest BCUT2D eigenvalue weighted by Crippen LogP contribution is 2.27. The summed E-state index contributed by atoms with van der Waals surface area (Å²) in [6, 6.07) is 11.0. The fourth-order valence-corrected chi connectivity index (χ4v) is 2.39. The zero-order valence-electron chi connectivity index (χ0n) is 11.8. The lowest BCUT2D eigenvalue weighted by Crippen LogP contribution is -2.16. The van der Waals surface area contributed by atoms with E-state index in [4.69, 9.17) is 4.74 Å². The molecule has 4 nitrogen and oxygen atoms in total. The highest BCUT2D eigenvalue weighted by molar-refractivity contribution is 9.10. The number of carboxylic acid groups (broad SMARTS) is 1. The van der Waals surface area contributed by atoms with Crippen LogP contribution in [-0.4, -0.2) is 23.2 Å². The zero-order valence-corrected chi connectivity index (χ0v) is 13.4. The molecule has 21 heavy (non-hydrogen) atoms. The van der Waals surface area contributed by atoms with E-state index in [1.165, 1.54) is 0 Å². The molecule has 1 atom stereocenters. The van der Waals surface area contributed by atoms with Gasteiger partial charge in [0.2, 0.25) is 0 Å². The molecule has 0 saturated carbocycles. The van der Waals surface area contributed by atoms with Crippen LogP contribution < -0.4 is 4.74 Å². The topological polar surface area (TPSA) is 59.4 Å². The maximum Gasteiger partial charge on any atom is 0.312 e. The van der Waals surface area contributed by atoms with Gasteiger partial charge in [0.15, 0.2) is 0 Å². The molecule has 0 amide bonds. The molecule has 110 valence electrons. The number of methoxy groups -OCH3 is 1. The number of carbonyl (C=O) groups is 1. The van der Waals surface area contributed by atoms with Crippen LogP contribution in [0.2, 0.25) is 0 Å². The van der Waals surface area contributed by atoms with Gasteiger partial charge in [-0.2, -0.15) is 0 Å². The minimum absolute atomic E-state index is 0.341. The Balaban J connectivity index is 2.35. The smallest absolute Gasteiger partial charge is 0.312 e. The van der Waals surface area contributed by atoms with E-state index in [1.54, 1.807) is 13.2 Å². The van der Waals surface area contributed by atoms with Crippen LogP contribution in [0.25, 0.3) is 0 Å². The summed E-state index contributed by atoms with van der Waals surface area (Å²) in [5.41, 5.74) is 2.18. The van der Waals surface area contributed by atoms with Crippen molar-refractivity contribution < 1.29 is 14.6 Å². The highest BCUT2D eigenvalue weighted by atomic mass is 79.9. The lowest BCUT2D eigenvalue weighted by atomic mass is 9.95. The number of aliphatic carboxylic acids is 1. The second kappa shape index (κ2) is 6.72. The molecular weight excluding hydrogens is 334 g/mol. The van der Waals surface area contributed by atoms with E-state index in [0.717, 1.165) is 15.7 Å². The summed E-state index contributed by atoms with van der Waals surface area (Å²) in [7, 11) is 1.58. The van der Waals surface area contributed by atoms with E-state index in [9.17, 15) is 9.90 Å². The van der Waals surface area contributed by atoms with Crippen LogP contribution in [0.4, 0.5) is 0 Å². The van der Waals surface area contributed by atoms with E-state index < -0.39 is 11.9 Å². The number of rotatable bonds is 5. The van der Waals surface area contributed by atoms with E-state index in [-0.39, 0.29) is 0 Å². The SMILES string of the molecule is COc1ccccc1CC(C(=O)O)c1ccc(Br)c(C)n1. The predicted octanol–water partition coefficient (Wildman–Crippen LogP) is 3.57. The first-order valence-corrected chi connectivity index (χ1v) is 7.30. The fraction of sp³-hybridized carbons (Fsp3) is 0.250. The lowest BCUT2D eigenvalue weighted by Gasteiger charge is -2.15. The Bertz CT molecular complexity index is 658. The molecule has 0 radical (unpaired) electrons. The van der Waals surface area contributed by atoms with Gasteiger partial charge in [-0.3, -0.25) is 9.78 Å². The van der Waals surface area contributed by atoms with Crippen molar-refractivity contribution in [2.75, 3.05) is 7.11 Å². The molecule has 1 unspecified atom stereocenters. The number of benzene rings is 1.